The Morgan fingerprint density at radius 1 is 1.16 bits per heavy atom. The van der Waals surface area contributed by atoms with Gasteiger partial charge in [0, 0.05) is 34.3 Å². The molecule has 3 aromatic rings. The van der Waals surface area contributed by atoms with Gasteiger partial charge in [-0.1, -0.05) is 36.4 Å². The van der Waals surface area contributed by atoms with Crippen molar-refractivity contribution >= 4 is 39.8 Å². The normalized spacial score (nSPS) is 21.3. The van der Waals surface area contributed by atoms with Gasteiger partial charge in [0.1, 0.15) is 6.04 Å². The second-order valence-corrected chi connectivity index (χ2v) is 6.90. The lowest BCUT2D eigenvalue weighted by molar-refractivity contribution is -0.122. The second-order valence-electron chi connectivity index (χ2n) is 6.51. The highest BCUT2D eigenvalue weighted by molar-refractivity contribution is 7.80. The molecule has 1 aromatic heterocycles. The summed E-state index contributed by atoms with van der Waals surface area (Å²) < 4.78 is 0. The van der Waals surface area contributed by atoms with Crippen molar-refractivity contribution in [1.29, 1.82) is 0 Å². The van der Waals surface area contributed by atoms with E-state index in [1.165, 1.54) is 0 Å². The van der Waals surface area contributed by atoms with E-state index in [4.69, 9.17) is 18.0 Å². The van der Waals surface area contributed by atoms with Crippen LogP contribution >= 0.6 is 12.2 Å². The molecular formula is C19H16N4OS. The van der Waals surface area contributed by atoms with Crippen molar-refractivity contribution in [2.24, 2.45) is 5.73 Å². The number of aromatic amines is 1. The molecule has 0 radical (unpaired) electrons. The number of primary amides is 1. The fraction of sp³-hybridized carbons (Fsp3) is 0.158. The van der Waals surface area contributed by atoms with Crippen LogP contribution in [-0.4, -0.2) is 26.9 Å². The van der Waals surface area contributed by atoms with Gasteiger partial charge in [0.05, 0.1) is 6.04 Å². The molecule has 2 atom stereocenters. The molecule has 2 aromatic carbocycles. The number of nitrogens with zero attached hydrogens (tertiary/aromatic N) is 1. The Bertz CT molecular complexity index is 1040. The molecule has 25 heavy (non-hydrogen) atoms. The molecule has 2 aliphatic rings. The van der Waals surface area contributed by atoms with E-state index in [-0.39, 0.29) is 11.9 Å². The number of nitrogens with one attached hydrogen (secondary N) is 2. The molecule has 1 amide bonds. The zero-order valence-electron chi connectivity index (χ0n) is 13.3. The van der Waals surface area contributed by atoms with Crippen LogP contribution in [0.2, 0.25) is 0 Å². The molecule has 5 nitrogen and oxygen atoms in total. The Labute approximate surface area is 149 Å². The highest BCUT2D eigenvalue weighted by Gasteiger charge is 2.44. The van der Waals surface area contributed by atoms with Crippen LogP contribution in [0.1, 0.15) is 22.9 Å². The number of rotatable bonds is 1. The van der Waals surface area contributed by atoms with Gasteiger partial charge < -0.3 is 20.9 Å². The zero-order chi connectivity index (χ0) is 17.1. The third kappa shape index (κ3) is 1.94. The predicted molar refractivity (Wildman–Crippen MR) is 101 cm³/mol. The molecule has 0 saturated heterocycles. The molecule has 0 fully saturated rings. The molecule has 0 bridgehead atoms. The molecule has 6 heteroatoms. The van der Waals surface area contributed by atoms with Gasteiger partial charge in [0.2, 0.25) is 5.91 Å². The van der Waals surface area contributed by atoms with Crippen molar-refractivity contribution in [3.8, 4) is 0 Å². The minimum Gasteiger partial charge on any atom is -0.368 e. The first-order chi connectivity index (χ1) is 12.1. The monoisotopic (exact) mass is 348 g/mol. The van der Waals surface area contributed by atoms with Crippen LogP contribution in [-0.2, 0) is 11.2 Å². The van der Waals surface area contributed by atoms with Gasteiger partial charge in [0.15, 0.2) is 5.11 Å². The molecule has 0 saturated carbocycles. The lowest BCUT2D eigenvalue weighted by Crippen LogP contribution is -2.56. The molecule has 0 spiro atoms. The first-order valence-electron chi connectivity index (χ1n) is 8.22. The van der Waals surface area contributed by atoms with Gasteiger partial charge in [-0.15, -0.1) is 0 Å². The summed E-state index contributed by atoms with van der Waals surface area (Å²) in [6, 6.07) is 15.6. The van der Waals surface area contributed by atoms with Gasteiger partial charge in [-0.2, -0.15) is 0 Å². The van der Waals surface area contributed by atoms with Crippen molar-refractivity contribution in [1.82, 2.24) is 9.88 Å². The molecule has 0 aliphatic carbocycles. The van der Waals surface area contributed by atoms with Crippen molar-refractivity contribution in [3.63, 3.8) is 0 Å². The third-order valence-corrected chi connectivity index (χ3v) is 5.50. The van der Waals surface area contributed by atoms with E-state index in [9.17, 15) is 4.79 Å². The molecular weight excluding hydrogens is 332 g/mol. The Hall–Kier alpha value is -2.86. The molecule has 2 aliphatic heterocycles. The van der Waals surface area contributed by atoms with Gasteiger partial charge in [-0.3, -0.25) is 4.79 Å². The maximum absolute atomic E-state index is 12.2. The summed E-state index contributed by atoms with van der Waals surface area (Å²) in [5.74, 6) is -0.357. The maximum Gasteiger partial charge on any atom is 0.240 e. The van der Waals surface area contributed by atoms with Gasteiger partial charge in [-0.05, 0) is 29.9 Å². The van der Waals surface area contributed by atoms with Crippen LogP contribution in [0.15, 0.2) is 48.5 Å². The van der Waals surface area contributed by atoms with Crippen LogP contribution in [0, 0.1) is 0 Å². The Morgan fingerprint density at radius 2 is 1.92 bits per heavy atom. The number of thiocarbonyl (C=S) groups is 1. The first-order valence-corrected chi connectivity index (χ1v) is 8.63. The van der Waals surface area contributed by atoms with Crippen molar-refractivity contribution < 1.29 is 4.79 Å². The number of nitrogens with two attached hydrogens (primary N) is 1. The summed E-state index contributed by atoms with van der Waals surface area (Å²) in [4.78, 5) is 17.7. The average molecular weight is 348 g/mol. The number of benzene rings is 2. The number of amides is 1. The van der Waals surface area contributed by atoms with E-state index >= 15 is 0 Å². The van der Waals surface area contributed by atoms with Crippen LogP contribution in [0.3, 0.4) is 0 Å². The Kier molecular flexibility index (Phi) is 2.93. The van der Waals surface area contributed by atoms with Crippen LogP contribution < -0.4 is 11.1 Å². The SMILES string of the molecule is NC(=O)[C@@H]1Cc2c([nH]c3ccccc23)C2c3ccccc3NC(=S)N21. The number of H-pyrrole nitrogens is 1. The number of para-hydroxylation sites is 2. The number of anilines is 1. The number of fused-ring (bicyclic) bond motifs is 7. The fourth-order valence-electron chi connectivity index (χ4n) is 4.12. The molecule has 124 valence electrons. The highest BCUT2D eigenvalue weighted by atomic mass is 32.1. The van der Waals surface area contributed by atoms with E-state index in [1.54, 1.807) is 0 Å². The summed E-state index contributed by atoms with van der Waals surface area (Å²) in [7, 11) is 0. The van der Waals surface area contributed by atoms with Crippen LogP contribution in [0.25, 0.3) is 10.9 Å². The predicted octanol–water partition coefficient (Wildman–Crippen LogP) is 2.68. The maximum atomic E-state index is 12.2. The second kappa shape index (κ2) is 5.07. The van der Waals surface area contributed by atoms with Crippen molar-refractivity contribution in [2.75, 3.05) is 5.32 Å². The van der Waals surface area contributed by atoms with Crippen molar-refractivity contribution in [3.05, 3.63) is 65.4 Å². The van der Waals surface area contributed by atoms with Gasteiger partial charge >= 0.3 is 0 Å². The Morgan fingerprint density at radius 3 is 2.76 bits per heavy atom. The first kappa shape index (κ1) is 14.5. The summed E-state index contributed by atoms with van der Waals surface area (Å²) in [5, 5.41) is 4.93. The average Bonchev–Trinajstić information content (AvgIpc) is 2.99. The van der Waals surface area contributed by atoms with E-state index in [1.807, 2.05) is 35.2 Å². The summed E-state index contributed by atoms with van der Waals surface area (Å²) in [5.41, 5.74) is 11.1. The number of hydrogen-bond acceptors (Lipinski definition) is 2. The molecule has 1 unspecified atom stereocenters. The highest BCUT2D eigenvalue weighted by Crippen LogP contribution is 2.45. The van der Waals surface area contributed by atoms with E-state index in [0.717, 1.165) is 33.4 Å². The number of hydrogen-bond donors (Lipinski definition) is 3. The molecule has 4 N–H and O–H groups in total. The van der Waals surface area contributed by atoms with Crippen molar-refractivity contribution in [2.45, 2.75) is 18.5 Å². The topological polar surface area (TPSA) is 74.1 Å². The van der Waals surface area contributed by atoms with Gasteiger partial charge in [-0.25, -0.2) is 0 Å². The molecule has 3 heterocycles. The smallest absolute Gasteiger partial charge is 0.240 e. The quantitative estimate of drug-likeness (QED) is 0.591. The van der Waals surface area contributed by atoms with Crippen LogP contribution in [0.5, 0.6) is 0 Å². The molecule has 5 rings (SSSR count). The lowest BCUT2D eigenvalue weighted by atomic mass is 9.86. The van der Waals surface area contributed by atoms with E-state index < -0.39 is 6.04 Å². The van der Waals surface area contributed by atoms with E-state index in [0.29, 0.717) is 11.5 Å². The largest absolute Gasteiger partial charge is 0.368 e. The summed E-state index contributed by atoms with van der Waals surface area (Å²) in [6.45, 7) is 0. The standard InChI is InChI=1S/C19H16N4OS/c20-18(24)15-9-12-10-5-1-3-7-13(10)21-16(12)17-11-6-2-4-8-14(11)22-19(25)23(15)17/h1-8,15,17,21H,9H2,(H2,20,24)(H,22,25)/t15-,17?/m0/s1. The van der Waals surface area contributed by atoms with E-state index in [2.05, 4.69) is 28.5 Å². The zero-order valence-corrected chi connectivity index (χ0v) is 14.1. The van der Waals surface area contributed by atoms with Crippen LogP contribution in [0.4, 0.5) is 5.69 Å². The Balaban J connectivity index is 1.83. The number of aromatic nitrogens is 1. The summed E-state index contributed by atoms with van der Waals surface area (Å²) in [6.07, 6.45) is 0.551. The fourth-order valence-corrected chi connectivity index (χ4v) is 4.46. The lowest BCUT2D eigenvalue weighted by Gasteiger charge is -2.46. The van der Waals surface area contributed by atoms with Gasteiger partial charge in [0.25, 0.3) is 0 Å². The number of carbonyl (C=O) groups excluding carboxylic acids is 1. The minimum atomic E-state index is -0.468. The minimum absolute atomic E-state index is 0.140. The summed E-state index contributed by atoms with van der Waals surface area (Å²) >= 11 is 5.58. The number of carbonyl (C=O) groups is 1. The third-order valence-electron chi connectivity index (χ3n) is 5.19.